The van der Waals surface area contributed by atoms with E-state index in [1.807, 2.05) is 6.07 Å². The summed E-state index contributed by atoms with van der Waals surface area (Å²) >= 11 is 0. The number of carbonyl (C=O) groups is 1. The fraction of sp³-hybridized carbons (Fsp3) is 0.125. The van der Waals surface area contributed by atoms with Crippen molar-refractivity contribution in [1.29, 1.82) is 5.26 Å². The number of carbonyl (C=O) groups excluding carboxylic acids is 1. The zero-order chi connectivity index (χ0) is 15.9. The van der Waals surface area contributed by atoms with Crippen LogP contribution in [0.4, 0.5) is 15.8 Å². The van der Waals surface area contributed by atoms with Crippen molar-refractivity contribution in [3.05, 3.63) is 53.8 Å². The van der Waals surface area contributed by atoms with Gasteiger partial charge in [0.1, 0.15) is 11.6 Å². The van der Waals surface area contributed by atoms with Crippen LogP contribution < -0.4 is 15.8 Å². The van der Waals surface area contributed by atoms with Crippen LogP contribution in [0.1, 0.15) is 5.56 Å². The Balaban J connectivity index is 1.90. The van der Waals surface area contributed by atoms with Crippen molar-refractivity contribution >= 4 is 17.3 Å². The molecule has 0 atom stereocenters. The predicted molar refractivity (Wildman–Crippen MR) is 80.7 cm³/mol. The van der Waals surface area contributed by atoms with Crippen LogP contribution in [0.25, 0.3) is 0 Å². The summed E-state index contributed by atoms with van der Waals surface area (Å²) in [6.07, 6.45) is 0.315. The van der Waals surface area contributed by atoms with Crippen LogP contribution in [-0.2, 0) is 11.2 Å². The van der Waals surface area contributed by atoms with E-state index in [-0.39, 0.29) is 12.3 Å². The highest BCUT2D eigenvalue weighted by atomic mass is 19.1. The molecular formula is C16H14FN3O2. The molecule has 0 aliphatic heterocycles. The lowest BCUT2D eigenvalue weighted by atomic mass is 10.2. The summed E-state index contributed by atoms with van der Waals surface area (Å²) in [6, 6.07) is 12.8. The third-order valence-electron chi connectivity index (χ3n) is 2.84. The molecule has 0 unspecified atom stereocenters. The summed E-state index contributed by atoms with van der Waals surface area (Å²) < 4.78 is 18.8. The molecule has 2 rings (SSSR count). The zero-order valence-corrected chi connectivity index (χ0v) is 11.7. The van der Waals surface area contributed by atoms with Gasteiger partial charge < -0.3 is 15.8 Å². The van der Waals surface area contributed by atoms with E-state index in [1.165, 1.54) is 18.2 Å². The molecule has 22 heavy (non-hydrogen) atoms. The van der Waals surface area contributed by atoms with Crippen molar-refractivity contribution in [3.63, 3.8) is 0 Å². The van der Waals surface area contributed by atoms with Crippen molar-refractivity contribution < 1.29 is 13.9 Å². The maximum Gasteiger partial charge on any atom is 0.262 e. The Kier molecular flexibility index (Phi) is 4.94. The minimum atomic E-state index is -0.566. The topological polar surface area (TPSA) is 88.1 Å². The van der Waals surface area contributed by atoms with Crippen LogP contribution in [0.3, 0.4) is 0 Å². The largest absolute Gasteiger partial charge is 0.484 e. The normalized spacial score (nSPS) is 9.82. The van der Waals surface area contributed by atoms with Crippen molar-refractivity contribution in [3.8, 4) is 11.8 Å². The monoisotopic (exact) mass is 299 g/mol. The third kappa shape index (κ3) is 4.21. The number of nitrogen functional groups attached to an aromatic ring is 1. The lowest BCUT2D eigenvalue weighted by Gasteiger charge is -2.09. The minimum absolute atomic E-state index is 0.0120. The Morgan fingerprint density at radius 2 is 2.00 bits per heavy atom. The number of amides is 1. The van der Waals surface area contributed by atoms with E-state index in [4.69, 9.17) is 15.7 Å². The molecule has 2 aromatic rings. The Morgan fingerprint density at radius 3 is 2.68 bits per heavy atom. The first-order chi connectivity index (χ1) is 10.6. The van der Waals surface area contributed by atoms with Gasteiger partial charge in [0.2, 0.25) is 0 Å². The van der Waals surface area contributed by atoms with Gasteiger partial charge in [0.25, 0.3) is 5.91 Å². The van der Waals surface area contributed by atoms with Gasteiger partial charge in [-0.2, -0.15) is 5.26 Å². The second-order valence-corrected chi connectivity index (χ2v) is 4.55. The maximum atomic E-state index is 13.5. The van der Waals surface area contributed by atoms with Crippen LogP contribution in [-0.4, -0.2) is 12.5 Å². The number of benzene rings is 2. The van der Waals surface area contributed by atoms with Crippen LogP contribution in [0.2, 0.25) is 0 Å². The number of nitrogens with one attached hydrogen (secondary N) is 1. The summed E-state index contributed by atoms with van der Waals surface area (Å²) in [5.74, 6) is -0.570. The van der Waals surface area contributed by atoms with Gasteiger partial charge in [-0.1, -0.05) is 12.1 Å². The van der Waals surface area contributed by atoms with Gasteiger partial charge in [-0.05, 0) is 35.9 Å². The van der Waals surface area contributed by atoms with Crippen LogP contribution >= 0.6 is 0 Å². The van der Waals surface area contributed by atoms with Gasteiger partial charge in [0.15, 0.2) is 6.61 Å². The number of nitrogens with two attached hydrogens (primary N) is 1. The molecule has 112 valence electrons. The summed E-state index contributed by atoms with van der Waals surface area (Å²) in [5, 5.41) is 11.0. The average Bonchev–Trinajstić information content (AvgIpc) is 2.51. The number of rotatable bonds is 5. The number of hydrogen-bond acceptors (Lipinski definition) is 4. The predicted octanol–water partition coefficient (Wildman–Crippen LogP) is 2.49. The molecule has 0 spiro atoms. The summed E-state index contributed by atoms with van der Waals surface area (Å²) in [7, 11) is 0. The number of nitrogens with zero attached hydrogens (tertiary/aromatic N) is 1. The molecular weight excluding hydrogens is 285 g/mol. The Bertz CT molecular complexity index is 708. The molecule has 5 nitrogen and oxygen atoms in total. The van der Waals surface area contributed by atoms with Crippen molar-refractivity contribution in [2.45, 2.75) is 6.42 Å². The highest BCUT2D eigenvalue weighted by molar-refractivity contribution is 5.92. The smallest absolute Gasteiger partial charge is 0.262 e. The summed E-state index contributed by atoms with van der Waals surface area (Å²) in [4.78, 5) is 11.7. The van der Waals surface area contributed by atoms with Crippen molar-refractivity contribution in [2.24, 2.45) is 0 Å². The third-order valence-corrected chi connectivity index (χ3v) is 2.84. The lowest BCUT2D eigenvalue weighted by molar-refractivity contribution is -0.118. The van der Waals surface area contributed by atoms with Gasteiger partial charge in [0, 0.05) is 5.69 Å². The second-order valence-electron chi connectivity index (χ2n) is 4.55. The molecule has 2 aromatic carbocycles. The maximum absolute atomic E-state index is 13.5. The van der Waals surface area contributed by atoms with E-state index in [0.717, 1.165) is 5.56 Å². The van der Waals surface area contributed by atoms with E-state index < -0.39 is 11.7 Å². The highest BCUT2D eigenvalue weighted by Gasteiger charge is 2.08. The number of halogens is 1. The van der Waals surface area contributed by atoms with Crippen LogP contribution in [0.15, 0.2) is 42.5 Å². The van der Waals surface area contributed by atoms with Crippen LogP contribution in [0.5, 0.6) is 5.75 Å². The quantitative estimate of drug-likeness (QED) is 0.830. The number of nitriles is 1. The molecule has 0 heterocycles. The molecule has 0 saturated carbocycles. The highest BCUT2D eigenvalue weighted by Crippen LogP contribution is 2.17. The molecule has 3 N–H and O–H groups in total. The zero-order valence-electron chi connectivity index (χ0n) is 11.7. The first kappa shape index (κ1) is 15.3. The molecule has 0 aliphatic rings. The van der Waals surface area contributed by atoms with Gasteiger partial charge in [-0.15, -0.1) is 0 Å². The van der Waals surface area contributed by atoms with Crippen LogP contribution in [0, 0.1) is 17.1 Å². The van der Waals surface area contributed by atoms with E-state index in [1.54, 1.807) is 24.3 Å². The fourth-order valence-corrected chi connectivity index (χ4v) is 1.77. The molecule has 0 radical (unpaired) electrons. The van der Waals surface area contributed by atoms with Gasteiger partial charge in [-0.3, -0.25) is 4.79 Å². The molecule has 1 amide bonds. The minimum Gasteiger partial charge on any atom is -0.484 e. The Hall–Kier alpha value is -3.07. The van der Waals surface area contributed by atoms with Gasteiger partial charge in [-0.25, -0.2) is 4.39 Å². The molecule has 0 bridgehead atoms. The second kappa shape index (κ2) is 7.09. The van der Waals surface area contributed by atoms with E-state index in [0.29, 0.717) is 17.9 Å². The first-order valence-corrected chi connectivity index (χ1v) is 6.52. The number of hydrogen-bond donors (Lipinski definition) is 2. The van der Waals surface area contributed by atoms with E-state index in [9.17, 15) is 9.18 Å². The molecule has 0 aliphatic carbocycles. The summed E-state index contributed by atoms with van der Waals surface area (Å²) in [6.45, 7) is -0.258. The SMILES string of the molecule is N#CCc1ccc(OCC(=O)Nc2cc(N)ccc2F)cc1. The number of ether oxygens (including phenoxy) is 1. The summed E-state index contributed by atoms with van der Waals surface area (Å²) in [5.41, 5.74) is 6.76. The molecule has 0 saturated heterocycles. The van der Waals surface area contributed by atoms with Gasteiger partial charge in [0.05, 0.1) is 18.2 Å². The van der Waals surface area contributed by atoms with Gasteiger partial charge >= 0.3 is 0 Å². The average molecular weight is 299 g/mol. The lowest BCUT2D eigenvalue weighted by Crippen LogP contribution is -2.20. The first-order valence-electron chi connectivity index (χ1n) is 6.52. The Labute approximate surface area is 127 Å². The molecule has 0 aromatic heterocycles. The van der Waals surface area contributed by atoms with E-state index in [2.05, 4.69) is 5.32 Å². The molecule has 0 fully saturated rings. The molecule has 6 heteroatoms. The number of anilines is 2. The standard InChI is InChI=1S/C16H14FN3O2/c17-14-6-3-12(19)9-15(14)20-16(21)10-22-13-4-1-11(2-5-13)7-8-18/h1-6,9H,7,10,19H2,(H,20,21). The fourth-order valence-electron chi connectivity index (χ4n) is 1.77. The van der Waals surface area contributed by atoms with Crippen molar-refractivity contribution in [2.75, 3.05) is 17.7 Å². The van der Waals surface area contributed by atoms with E-state index >= 15 is 0 Å². The van der Waals surface area contributed by atoms with Crippen molar-refractivity contribution in [1.82, 2.24) is 0 Å². The Morgan fingerprint density at radius 1 is 1.27 bits per heavy atom.